The lowest BCUT2D eigenvalue weighted by Gasteiger charge is -2.19. The normalized spacial score (nSPS) is 11.8. The Hall–Kier alpha value is -2.61. The largest absolute Gasteiger partial charge is 0.495 e. The van der Waals surface area contributed by atoms with Gasteiger partial charge in [0, 0.05) is 12.1 Å². The van der Waals surface area contributed by atoms with E-state index in [1.54, 1.807) is 12.1 Å². The molecule has 1 N–H and O–H groups in total. The Morgan fingerprint density at radius 3 is 2.16 bits per heavy atom. The Bertz CT molecular complexity index is 884. The first-order valence-electron chi connectivity index (χ1n) is 7.50. The van der Waals surface area contributed by atoms with Crippen LogP contribution < -0.4 is 9.46 Å². The number of hydrogen-bond acceptors (Lipinski definition) is 5. The first-order chi connectivity index (χ1) is 11.5. The van der Waals surface area contributed by atoms with E-state index in [1.807, 2.05) is 20.8 Å². The molecule has 0 aliphatic heterocycles. The summed E-state index contributed by atoms with van der Waals surface area (Å²) >= 11 is 0. The predicted octanol–water partition coefficient (Wildman–Crippen LogP) is 3.70. The van der Waals surface area contributed by atoms with Crippen molar-refractivity contribution in [2.24, 2.45) is 0 Å². The number of non-ortho nitro benzene ring substituents is 1. The number of nitrogens with one attached hydrogen (secondary N) is 1. The molecule has 0 saturated carbocycles. The summed E-state index contributed by atoms with van der Waals surface area (Å²) in [4.78, 5) is 10.4. The Morgan fingerprint density at radius 1 is 1.08 bits per heavy atom. The van der Waals surface area contributed by atoms with E-state index in [2.05, 4.69) is 4.72 Å². The second-order valence-corrected chi connectivity index (χ2v) is 8.20. The van der Waals surface area contributed by atoms with Crippen LogP contribution in [0.1, 0.15) is 26.3 Å². The van der Waals surface area contributed by atoms with Crippen LogP contribution in [-0.2, 0) is 15.4 Å². The number of anilines is 1. The molecule has 0 spiro atoms. The molecule has 0 fully saturated rings. The van der Waals surface area contributed by atoms with Crippen molar-refractivity contribution in [3.63, 3.8) is 0 Å². The average Bonchev–Trinajstić information content (AvgIpc) is 2.53. The van der Waals surface area contributed by atoms with Crippen molar-refractivity contribution in [3.8, 4) is 5.75 Å². The summed E-state index contributed by atoms with van der Waals surface area (Å²) in [6.07, 6.45) is 0. The highest BCUT2D eigenvalue weighted by atomic mass is 32.2. The number of ether oxygens (including phenoxy) is 1. The topological polar surface area (TPSA) is 98.5 Å². The van der Waals surface area contributed by atoms with Crippen molar-refractivity contribution in [1.82, 2.24) is 0 Å². The predicted molar refractivity (Wildman–Crippen MR) is 95.6 cm³/mol. The summed E-state index contributed by atoms with van der Waals surface area (Å²) in [5, 5.41) is 10.9. The van der Waals surface area contributed by atoms with Gasteiger partial charge in [0.05, 0.1) is 22.6 Å². The van der Waals surface area contributed by atoms with E-state index in [4.69, 9.17) is 4.74 Å². The highest BCUT2D eigenvalue weighted by Gasteiger charge is 2.20. The molecule has 0 atom stereocenters. The molecule has 0 bridgehead atoms. The fourth-order valence-electron chi connectivity index (χ4n) is 2.23. The molecule has 0 saturated heterocycles. The maximum absolute atomic E-state index is 12.6. The third-order valence-electron chi connectivity index (χ3n) is 3.67. The molecule has 0 amide bonds. The Labute approximate surface area is 146 Å². The van der Waals surface area contributed by atoms with E-state index in [-0.39, 0.29) is 27.4 Å². The second-order valence-electron chi connectivity index (χ2n) is 6.52. The van der Waals surface area contributed by atoms with Crippen molar-refractivity contribution in [2.45, 2.75) is 31.1 Å². The lowest BCUT2D eigenvalue weighted by atomic mass is 9.87. The van der Waals surface area contributed by atoms with Gasteiger partial charge in [0.25, 0.3) is 15.7 Å². The minimum absolute atomic E-state index is 0.0107. The molecular formula is C17H20N2O5S. The van der Waals surface area contributed by atoms with Gasteiger partial charge in [-0.05, 0) is 29.2 Å². The van der Waals surface area contributed by atoms with Gasteiger partial charge in [0.1, 0.15) is 5.75 Å². The first-order valence-corrected chi connectivity index (χ1v) is 8.99. The molecule has 8 heteroatoms. The fraction of sp³-hybridized carbons (Fsp3) is 0.294. The Morgan fingerprint density at radius 2 is 1.68 bits per heavy atom. The lowest BCUT2D eigenvalue weighted by molar-refractivity contribution is -0.384. The zero-order chi connectivity index (χ0) is 18.8. The molecule has 0 heterocycles. The highest BCUT2D eigenvalue weighted by Crippen LogP contribution is 2.31. The maximum Gasteiger partial charge on any atom is 0.271 e. The van der Waals surface area contributed by atoms with Crippen LogP contribution in [0.15, 0.2) is 47.4 Å². The van der Waals surface area contributed by atoms with E-state index in [1.165, 1.54) is 31.4 Å². The monoisotopic (exact) mass is 364 g/mol. The van der Waals surface area contributed by atoms with Crippen molar-refractivity contribution in [2.75, 3.05) is 11.8 Å². The van der Waals surface area contributed by atoms with E-state index in [9.17, 15) is 18.5 Å². The number of nitro benzene ring substituents is 1. The zero-order valence-electron chi connectivity index (χ0n) is 14.4. The summed E-state index contributed by atoms with van der Waals surface area (Å²) in [5.41, 5.74) is 0.677. The van der Waals surface area contributed by atoms with Crippen LogP contribution in [0.5, 0.6) is 5.75 Å². The van der Waals surface area contributed by atoms with Crippen LogP contribution in [0.3, 0.4) is 0 Å². The van der Waals surface area contributed by atoms with E-state index in [0.717, 1.165) is 11.6 Å². The number of nitro groups is 1. The van der Waals surface area contributed by atoms with Crippen LogP contribution in [0, 0.1) is 10.1 Å². The van der Waals surface area contributed by atoms with Gasteiger partial charge >= 0.3 is 0 Å². The van der Waals surface area contributed by atoms with Gasteiger partial charge in [0.15, 0.2) is 0 Å². The van der Waals surface area contributed by atoms with Gasteiger partial charge in [-0.15, -0.1) is 0 Å². The quantitative estimate of drug-likeness (QED) is 0.644. The van der Waals surface area contributed by atoms with Crippen molar-refractivity contribution >= 4 is 21.4 Å². The summed E-state index contributed by atoms with van der Waals surface area (Å²) in [6, 6.07) is 10.2. The third-order valence-corrected chi connectivity index (χ3v) is 5.05. The summed E-state index contributed by atoms with van der Waals surface area (Å²) in [5.74, 6) is 0.195. The van der Waals surface area contributed by atoms with Gasteiger partial charge in [-0.3, -0.25) is 14.8 Å². The molecule has 0 aromatic heterocycles. The van der Waals surface area contributed by atoms with Crippen LogP contribution >= 0.6 is 0 Å². The van der Waals surface area contributed by atoms with E-state index >= 15 is 0 Å². The standard InChI is InChI=1S/C17H20N2O5S/c1-17(2,3)12-5-8-14(9-6-12)25(22,23)18-15-11-13(19(20)21)7-10-16(15)24-4/h5-11,18H,1-4H3. The molecular weight excluding hydrogens is 344 g/mol. The third kappa shape index (κ3) is 4.27. The maximum atomic E-state index is 12.6. The van der Waals surface area contributed by atoms with Gasteiger partial charge in [0.2, 0.25) is 0 Å². The molecule has 0 radical (unpaired) electrons. The Balaban J connectivity index is 2.38. The number of nitrogens with zero attached hydrogens (tertiary/aromatic N) is 1. The van der Waals surface area contributed by atoms with E-state index in [0.29, 0.717) is 0 Å². The summed E-state index contributed by atoms with van der Waals surface area (Å²) < 4.78 is 32.6. The number of methoxy groups -OCH3 is 1. The first kappa shape index (κ1) is 18.7. The van der Waals surface area contributed by atoms with Crippen LogP contribution in [0.4, 0.5) is 11.4 Å². The van der Waals surface area contributed by atoms with Crippen molar-refractivity contribution < 1.29 is 18.1 Å². The molecule has 2 aromatic carbocycles. The average molecular weight is 364 g/mol. The molecule has 0 unspecified atom stereocenters. The van der Waals surface area contributed by atoms with Crippen molar-refractivity contribution in [1.29, 1.82) is 0 Å². The number of benzene rings is 2. The molecule has 7 nitrogen and oxygen atoms in total. The van der Waals surface area contributed by atoms with Gasteiger partial charge in [-0.2, -0.15) is 0 Å². The number of rotatable bonds is 5. The van der Waals surface area contributed by atoms with Gasteiger partial charge < -0.3 is 4.74 Å². The molecule has 0 aliphatic rings. The van der Waals surface area contributed by atoms with E-state index < -0.39 is 14.9 Å². The Kier molecular flexibility index (Phi) is 5.03. The number of sulfonamides is 1. The molecule has 2 rings (SSSR count). The van der Waals surface area contributed by atoms with Crippen LogP contribution in [0.25, 0.3) is 0 Å². The minimum atomic E-state index is -3.90. The second kappa shape index (κ2) is 6.72. The smallest absolute Gasteiger partial charge is 0.271 e. The lowest BCUT2D eigenvalue weighted by Crippen LogP contribution is -2.15. The molecule has 2 aromatic rings. The SMILES string of the molecule is COc1ccc([N+](=O)[O-])cc1NS(=O)(=O)c1ccc(C(C)(C)C)cc1. The minimum Gasteiger partial charge on any atom is -0.495 e. The molecule has 134 valence electrons. The fourth-order valence-corrected chi connectivity index (χ4v) is 3.29. The van der Waals surface area contributed by atoms with Crippen LogP contribution in [0.2, 0.25) is 0 Å². The summed E-state index contributed by atoms with van der Waals surface area (Å²) in [6.45, 7) is 6.09. The van der Waals surface area contributed by atoms with Gasteiger partial charge in [-0.1, -0.05) is 32.9 Å². The zero-order valence-corrected chi connectivity index (χ0v) is 15.3. The summed E-state index contributed by atoms with van der Waals surface area (Å²) in [7, 11) is -2.55. The number of hydrogen-bond donors (Lipinski definition) is 1. The van der Waals surface area contributed by atoms with Crippen molar-refractivity contribution in [3.05, 3.63) is 58.1 Å². The van der Waals surface area contributed by atoms with Gasteiger partial charge in [-0.25, -0.2) is 8.42 Å². The highest BCUT2D eigenvalue weighted by molar-refractivity contribution is 7.92. The molecule has 0 aliphatic carbocycles. The molecule has 25 heavy (non-hydrogen) atoms. The van der Waals surface area contributed by atoms with Crippen LogP contribution in [-0.4, -0.2) is 20.5 Å².